The summed E-state index contributed by atoms with van der Waals surface area (Å²) in [5, 5.41) is 5.47. The number of aromatic nitrogens is 3. The molecule has 0 saturated heterocycles. The molecule has 25 heavy (non-hydrogen) atoms. The van der Waals surface area contributed by atoms with Crippen molar-refractivity contribution in [3.8, 4) is 0 Å². The number of hydrogen-bond donors (Lipinski definition) is 1. The molecule has 1 N–H and O–H groups in total. The molecule has 0 saturated carbocycles. The van der Waals surface area contributed by atoms with Crippen molar-refractivity contribution in [2.75, 3.05) is 7.05 Å². The number of rotatable bonds is 5. The summed E-state index contributed by atoms with van der Waals surface area (Å²) >= 11 is 0. The molecule has 5 heteroatoms. The Morgan fingerprint density at radius 1 is 1.24 bits per heavy atom. The highest BCUT2D eigenvalue weighted by molar-refractivity contribution is 5.93. The summed E-state index contributed by atoms with van der Waals surface area (Å²) in [5.41, 5.74) is 6.81. The number of nitrogens with zero attached hydrogens (tertiary/aromatic N) is 3. The van der Waals surface area contributed by atoms with Crippen LogP contribution in [-0.2, 0) is 24.3 Å². The van der Waals surface area contributed by atoms with E-state index in [-0.39, 0.29) is 5.91 Å². The Hall–Kier alpha value is -2.56. The van der Waals surface area contributed by atoms with Gasteiger partial charge in [-0.15, -0.1) is 0 Å². The molecular formula is C20H26N4O. The summed E-state index contributed by atoms with van der Waals surface area (Å²) in [5.74, 6) is 0.120. The lowest BCUT2D eigenvalue weighted by Crippen LogP contribution is -2.27. The number of carbonyl (C=O) groups is 1. The van der Waals surface area contributed by atoms with Gasteiger partial charge in [0.05, 0.1) is 12.6 Å². The van der Waals surface area contributed by atoms with Crippen molar-refractivity contribution in [2.45, 2.75) is 47.2 Å². The molecule has 2 aromatic heterocycles. The fraction of sp³-hybridized carbons (Fsp3) is 0.400. The van der Waals surface area contributed by atoms with E-state index < -0.39 is 0 Å². The van der Waals surface area contributed by atoms with Gasteiger partial charge in [0.1, 0.15) is 0 Å². The molecule has 0 aliphatic heterocycles. The second-order valence-corrected chi connectivity index (χ2v) is 6.81. The fourth-order valence-electron chi connectivity index (χ4n) is 3.34. The third-order valence-electron chi connectivity index (χ3n) is 4.87. The first kappa shape index (κ1) is 17.3. The van der Waals surface area contributed by atoms with Gasteiger partial charge in [0, 0.05) is 48.5 Å². The molecule has 1 aromatic carbocycles. The Labute approximate surface area is 148 Å². The second kappa shape index (κ2) is 6.75. The number of H-pyrrole nitrogens is 1. The monoisotopic (exact) mass is 338 g/mol. The average molecular weight is 338 g/mol. The van der Waals surface area contributed by atoms with Crippen LogP contribution in [0.4, 0.5) is 0 Å². The van der Waals surface area contributed by atoms with Gasteiger partial charge in [0.15, 0.2) is 0 Å². The van der Waals surface area contributed by atoms with E-state index in [2.05, 4.69) is 43.0 Å². The number of aromatic amines is 1. The SMILES string of the molecule is CCn1cc(CN(C)C(=O)Cc2c(C)[nH]c3c(C)ccc(C)c23)cn1. The molecule has 0 aliphatic rings. The Morgan fingerprint density at radius 2 is 1.96 bits per heavy atom. The zero-order valence-corrected chi connectivity index (χ0v) is 15.7. The van der Waals surface area contributed by atoms with Crippen LogP contribution in [0.3, 0.4) is 0 Å². The average Bonchev–Trinajstić information content (AvgIpc) is 3.16. The van der Waals surface area contributed by atoms with Gasteiger partial charge >= 0.3 is 0 Å². The highest BCUT2D eigenvalue weighted by atomic mass is 16.2. The van der Waals surface area contributed by atoms with Gasteiger partial charge in [0.25, 0.3) is 0 Å². The van der Waals surface area contributed by atoms with E-state index in [4.69, 9.17) is 0 Å². The van der Waals surface area contributed by atoms with Crippen molar-refractivity contribution in [1.82, 2.24) is 19.7 Å². The summed E-state index contributed by atoms with van der Waals surface area (Å²) < 4.78 is 1.88. The summed E-state index contributed by atoms with van der Waals surface area (Å²) in [4.78, 5) is 18.0. The molecule has 0 spiro atoms. The number of aryl methyl sites for hydroxylation is 4. The largest absolute Gasteiger partial charge is 0.358 e. The van der Waals surface area contributed by atoms with Crippen molar-refractivity contribution in [2.24, 2.45) is 0 Å². The van der Waals surface area contributed by atoms with Crippen molar-refractivity contribution in [3.63, 3.8) is 0 Å². The van der Waals surface area contributed by atoms with E-state index in [1.165, 1.54) is 16.5 Å². The minimum Gasteiger partial charge on any atom is -0.358 e. The minimum atomic E-state index is 0.120. The third-order valence-corrected chi connectivity index (χ3v) is 4.87. The summed E-state index contributed by atoms with van der Waals surface area (Å²) in [6.45, 7) is 9.72. The van der Waals surface area contributed by atoms with Crippen molar-refractivity contribution < 1.29 is 4.79 Å². The molecule has 3 rings (SSSR count). The van der Waals surface area contributed by atoms with Crippen molar-refractivity contribution in [3.05, 3.63) is 52.5 Å². The molecule has 0 aliphatic carbocycles. The van der Waals surface area contributed by atoms with Gasteiger partial charge in [-0.1, -0.05) is 12.1 Å². The summed E-state index contributed by atoms with van der Waals surface area (Å²) in [6.07, 6.45) is 4.24. The summed E-state index contributed by atoms with van der Waals surface area (Å²) in [7, 11) is 1.86. The Bertz CT molecular complexity index is 919. The number of likely N-dealkylation sites (N-methyl/N-ethyl adjacent to an activating group) is 1. The number of carbonyl (C=O) groups excluding carboxylic acids is 1. The van der Waals surface area contributed by atoms with E-state index in [0.717, 1.165) is 28.9 Å². The Balaban J connectivity index is 1.82. The van der Waals surface area contributed by atoms with Crippen LogP contribution < -0.4 is 0 Å². The first-order chi connectivity index (χ1) is 11.9. The van der Waals surface area contributed by atoms with Gasteiger partial charge < -0.3 is 9.88 Å². The van der Waals surface area contributed by atoms with Crippen LogP contribution in [0.1, 0.15) is 34.9 Å². The number of amides is 1. The van der Waals surface area contributed by atoms with Gasteiger partial charge in [0.2, 0.25) is 5.91 Å². The molecule has 3 aromatic rings. The predicted octanol–water partition coefficient (Wildman–Crippen LogP) is 3.51. The van der Waals surface area contributed by atoms with E-state index in [0.29, 0.717) is 13.0 Å². The molecule has 5 nitrogen and oxygen atoms in total. The Kier molecular flexibility index (Phi) is 4.66. The molecule has 0 unspecified atom stereocenters. The zero-order chi connectivity index (χ0) is 18.1. The highest BCUT2D eigenvalue weighted by Gasteiger charge is 2.18. The van der Waals surface area contributed by atoms with Crippen LogP contribution in [0.5, 0.6) is 0 Å². The number of benzene rings is 1. The van der Waals surface area contributed by atoms with Crippen LogP contribution in [-0.4, -0.2) is 32.6 Å². The van der Waals surface area contributed by atoms with Gasteiger partial charge in [-0.25, -0.2) is 0 Å². The molecule has 1 amide bonds. The molecule has 132 valence electrons. The minimum absolute atomic E-state index is 0.120. The van der Waals surface area contributed by atoms with Crippen LogP contribution in [0.25, 0.3) is 10.9 Å². The molecule has 0 radical (unpaired) electrons. The lowest BCUT2D eigenvalue weighted by atomic mass is 10.0. The van der Waals surface area contributed by atoms with Crippen LogP contribution >= 0.6 is 0 Å². The molecular weight excluding hydrogens is 312 g/mol. The highest BCUT2D eigenvalue weighted by Crippen LogP contribution is 2.28. The maximum absolute atomic E-state index is 12.8. The molecule has 0 atom stereocenters. The van der Waals surface area contributed by atoms with Crippen molar-refractivity contribution in [1.29, 1.82) is 0 Å². The van der Waals surface area contributed by atoms with E-state index in [1.807, 2.05) is 31.0 Å². The van der Waals surface area contributed by atoms with E-state index >= 15 is 0 Å². The Morgan fingerprint density at radius 3 is 2.64 bits per heavy atom. The second-order valence-electron chi connectivity index (χ2n) is 6.81. The van der Waals surface area contributed by atoms with Gasteiger partial charge in [-0.05, 0) is 44.4 Å². The van der Waals surface area contributed by atoms with Gasteiger partial charge in [-0.3, -0.25) is 9.48 Å². The number of fused-ring (bicyclic) bond motifs is 1. The van der Waals surface area contributed by atoms with Crippen LogP contribution in [0.2, 0.25) is 0 Å². The lowest BCUT2D eigenvalue weighted by molar-refractivity contribution is -0.129. The quantitative estimate of drug-likeness (QED) is 0.774. The smallest absolute Gasteiger partial charge is 0.227 e. The van der Waals surface area contributed by atoms with Crippen LogP contribution in [0.15, 0.2) is 24.5 Å². The third kappa shape index (κ3) is 3.31. The first-order valence-electron chi connectivity index (χ1n) is 8.73. The van der Waals surface area contributed by atoms with Crippen LogP contribution in [0, 0.1) is 20.8 Å². The molecule has 2 heterocycles. The standard InChI is InChI=1S/C20H26N4O/c1-6-24-12-16(10-21-24)11-23(5)18(25)9-17-15(4)22-20-14(3)8-7-13(2)19(17)20/h7-8,10,12,22H,6,9,11H2,1-5H3. The molecule has 0 fully saturated rings. The van der Waals surface area contributed by atoms with Gasteiger partial charge in [-0.2, -0.15) is 5.10 Å². The normalized spacial score (nSPS) is 11.2. The number of nitrogens with one attached hydrogen (secondary N) is 1. The lowest BCUT2D eigenvalue weighted by Gasteiger charge is -2.16. The van der Waals surface area contributed by atoms with E-state index in [9.17, 15) is 4.79 Å². The maximum atomic E-state index is 12.8. The summed E-state index contributed by atoms with van der Waals surface area (Å²) in [6, 6.07) is 4.25. The maximum Gasteiger partial charge on any atom is 0.227 e. The number of hydrogen-bond acceptors (Lipinski definition) is 2. The molecule has 0 bridgehead atoms. The zero-order valence-electron chi connectivity index (χ0n) is 15.7. The fourth-order valence-corrected chi connectivity index (χ4v) is 3.34. The topological polar surface area (TPSA) is 53.9 Å². The van der Waals surface area contributed by atoms with E-state index in [1.54, 1.807) is 4.90 Å². The first-order valence-corrected chi connectivity index (χ1v) is 8.73. The van der Waals surface area contributed by atoms with Crippen molar-refractivity contribution >= 4 is 16.8 Å². The predicted molar refractivity (Wildman–Crippen MR) is 101 cm³/mol.